The molecule has 1 rings (SSSR count). The van der Waals surface area contributed by atoms with Crippen LogP contribution in [0.1, 0.15) is 17.3 Å². The largest absolute Gasteiger partial charge is 0.503 e. The van der Waals surface area contributed by atoms with E-state index in [1.54, 1.807) is 0 Å². The summed E-state index contributed by atoms with van der Waals surface area (Å²) in [6.45, 7) is 1.02. The van der Waals surface area contributed by atoms with Crippen LogP contribution < -0.4 is 0 Å². The molecule has 0 amide bonds. The Labute approximate surface area is 115 Å². The van der Waals surface area contributed by atoms with Crippen LogP contribution in [0, 0.1) is 17.5 Å². The number of ketones is 2. The van der Waals surface area contributed by atoms with Crippen molar-refractivity contribution in [3.05, 3.63) is 45.4 Å². The van der Waals surface area contributed by atoms with Crippen LogP contribution in [0.4, 0.5) is 13.2 Å². The number of rotatable bonds is 4. The molecule has 0 aliphatic rings. The van der Waals surface area contributed by atoms with Crippen molar-refractivity contribution in [2.24, 2.45) is 0 Å². The van der Waals surface area contributed by atoms with E-state index >= 15 is 0 Å². The summed E-state index contributed by atoms with van der Waals surface area (Å²) < 4.78 is 44.5. The minimum atomic E-state index is -1.67. The van der Waals surface area contributed by atoms with Crippen molar-refractivity contribution < 1.29 is 27.5 Å². The number of hydrogen-bond acceptors (Lipinski definition) is 3. The highest BCUT2D eigenvalue weighted by atomic mass is 79.9. The summed E-state index contributed by atoms with van der Waals surface area (Å²) in [5, 5.41) is 0. The Kier molecular flexibility index (Phi) is 4.88. The predicted molar refractivity (Wildman–Crippen MR) is 64.1 cm³/mol. The van der Waals surface area contributed by atoms with E-state index in [1.807, 2.05) is 0 Å². The molecule has 0 saturated heterocycles. The Morgan fingerprint density at radius 3 is 2.32 bits per heavy atom. The van der Waals surface area contributed by atoms with Gasteiger partial charge in [0.25, 0.3) is 0 Å². The third-order valence-electron chi connectivity index (χ3n) is 2.20. The van der Waals surface area contributed by atoms with Crippen molar-refractivity contribution in [1.82, 2.24) is 0 Å². The van der Waals surface area contributed by atoms with Crippen LogP contribution in [0.2, 0.25) is 0 Å². The lowest BCUT2D eigenvalue weighted by atomic mass is 10.0. The Balaban J connectivity index is 3.47. The Morgan fingerprint density at radius 1 is 1.26 bits per heavy atom. The molecule has 1 aromatic carbocycles. The van der Waals surface area contributed by atoms with Crippen LogP contribution in [0.5, 0.6) is 0 Å². The molecule has 7 heteroatoms. The SMILES string of the molecule is CO/C=C(\C(C)=O)C(=O)c1c(F)cc(Br)c(F)c1F. The highest BCUT2D eigenvalue weighted by Crippen LogP contribution is 2.26. The molecule has 0 atom stereocenters. The minimum Gasteiger partial charge on any atom is -0.503 e. The van der Waals surface area contributed by atoms with Crippen LogP contribution >= 0.6 is 15.9 Å². The number of Topliss-reactive ketones (excluding diaryl/α,β-unsaturated/α-hetero) is 2. The molecule has 0 aliphatic heterocycles. The summed E-state index contributed by atoms with van der Waals surface area (Å²) >= 11 is 2.60. The third-order valence-corrected chi connectivity index (χ3v) is 2.78. The number of allylic oxidation sites excluding steroid dienone is 1. The van der Waals surface area contributed by atoms with E-state index in [0.29, 0.717) is 6.07 Å². The van der Waals surface area contributed by atoms with Gasteiger partial charge in [0, 0.05) is 0 Å². The van der Waals surface area contributed by atoms with E-state index in [1.165, 1.54) is 0 Å². The van der Waals surface area contributed by atoms with Gasteiger partial charge in [-0.2, -0.15) is 0 Å². The number of halogens is 4. The van der Waals surface area contributed by atoms with Crippen LogP contribution in [0.3, 0.4) is 0 Å². The summed E-state index contributed by atoms with van der Waals surface area (Å²) in [6, 6.07) is 0.607. The van der Waals surface area contributed by atoms with Crippen molar-refractivity contribution in [2.45, 2.75) is 6.92 Å². The Morgan fingerprint density at radius 2 is 1.84 bits per heavy atom. The molecule has 102 valence electrons. The number of ether oxygens (including phenoxy) is 1. The zero-order valence-electron chi connectivity index (χ0n) is 9.89. The monoisotopic (exact) mass is 336 g/mol. The lowest BCUT2D eigenvalue weighted by molar-refractivity contribution is -0.113. The molecule has 0 aromatic heterocycles. The fourth-order valence-corrected chi connectivity index (χ4v) is 1.70. The second-order valence-electron chi connectivity index (χ2n) is 3.50. The van der Waals surface area contributed by atoms with Crippen LogP contribution in [0.15, 0.2) is 22.4 Å². The molecule has 0 unspecified atom stereocenters. The van der Waals surface area contributed by atoms with Gasteiger partial charge in [-0.3, -0.25) is 9.59 Å². The van der Waals surface area contributed by atoms with E-state index < -0.39 is 44.6 Å². The maximum atomic E-state index is 13.6. The van der Waals surface area contributed by atoms with Crippen molar-refractivity contribution in [1.29, 1.82) is 0 Å². The van der Waals surface area contributed by atoms with Crippen molar-refractivity contribution in [3.63, 3.8) is 0 Å². The summed E-state index contributed by atoms with van der Waals surface area (Å²) in [4.78, 5) is 23.1. The third kappa shape index (κ3) is 3.04. The highest BCUT2D eigenvalue weighted by molar-refractivity contribution is 9.10. The summed E-state index contributed by atoms with van der Waals surface area (Å²) in [5.41, 5.74) is -1.72. The molecule has 19 heavy (non-hydrogen) atoms. The maximum absolute atomic E-state index is 13.6. The van der Waals surface area contributed by atoms with E-state index in [-0.39, 0.29) is 0 Å². The average molecular weight is 337 g/mol. The number of methoxy groups -OCH3 is 1. The van der Waals surface area contributed by atoms with Gasteiger partial charge in [0.1, 0.15) is 5.82 Å². The van der Waals surface area contributed by atoms with Crippen LogP contribution in [0.25, 0.3) is 0 Å². The number of benzene rings is 1. The van der Waals surface area contributed by atoms with Crippen LogP contribution in [-0.4, -0.2) is 18.7 Å². The summed E-state index contributed by atoms with van der Waals surface area (Å²) in [5.74, 6) is -6.39. The molecule has 0 heterocycles. The fraction of sp³-hybridized carbons (Fsp3) is 0.167. The first-order valence-electron chi connectivity index (χ1n) is 4.92. The molecule has 0 N–H and O–H groups in total. The normalized spacial score (nSPS) is 11.4. The van der Waals surface area contributed by atoms with Crippen molar-refractivity contribution in [2.75, 3.05) is 7.11 Å². The molecule has 0 spiro atoms. The number of carbonyl (C=O) groups excluding carboxylic acids is 2. The van der Waals surface area contributed by atoms with E-state index in [4.69, 9.17) is 0 Å². The Bertz CT molecular complexity index is 582. The zero-order chi connectivity index (χ0) is 14.7. The van der Waals surface area contributed by atoms with Gasteiger partial charge in [-0.1, -0.05) is 0 Å². The van der Waals surface area contributed by atoms with Gasteiger partial charge < -0.3 is 4.74 Å². The van der Waals surface area contributed by atoms with Crippen molar-refractivity contribution in [3.8, 4) is 0 Å². The molecule has 0 aliphatic carbocycles. The summed E-state index contributed by atoms with van der Waals surface area (Å²) in [6.07, 6.45) is 0.753. The van der Waals surface area contributed by atoms with E-state index in [0.717, 1.165) is 20.3 Å². The summed E-state index contributed by atoms with van der Waals surface area (Å²) in [7, 11) is 1.16. The second-order valence-corrected chi connectivity index (χ2v) is 4.35. The molecular formula is C12H8BrF3O3. The number of carbonyl (C=O) groups is 2. The van der Waals surface area contributed by atoms with Crippen LogP contribution in [-0.2, 0) is 9.53 Å². The first kappa shape index (κ1) is 15.4. The smallest absolute Gasteiger partial charge is 0.205 e. The lowest BCUT2D eigenvalue weighted by Crippen LogP contribution is -2.15. The van der Waals surface area contributed by atoms with Gasteiger partial charge in [-0.15, -0.1) is 0 Å². The van der Waals surface area contributed by atoms with Gasteiger partial charge in [-0.05, 0) is 28.9 Å². The molecule has 3 nitrogen and oxygen atoms in total. The topological polar surface area (TPSA) is 43.4 Å². The fourth-order valence-electron chi connectivity index (χ4n) is 1.32. The zero-order valence-corrected chi connectivity index (χ0v) is 11.5. The number of hydrogen-bond donors (Lipinski definition) is 0. The first-order chi connectivity index (χ1) is 8.81. The molecule has 0 saturated carbocycles. The predicted octanol–water partition coefficient (Wildman–Crippen LogP) is 3.17. The average Bonchev–Trinajstić information content (AvgIpc) is 2.32. The van der Waals surface area contributed by atoms with Gasteiger partial charge in [-0.25, -0.2) is 13.2 Å². The van der Waals surface area contributed by atoms with Gasteiger partial charge in [0.15, 0.2) is 17.4 Å². The lowest BCUT2D eigenvalue weighted by Gasteiger charge is -2.07. The first-order valence-corrected chi connectivity index (χ1v) is 5.72. The maximum Gasteiger partial charge on any atom is 0.205 e. The van der Waals surface area contributed by atoms with Gasteiger partial charge >= 0.3 is 0 Å². The van der Waals surface area contributed by atoms with Gasteiger partial charge in [0.2, 0.25) is 5.78 Å². The quantitative estimate of drug-likeness (QED) is 0.161. The van der Waals surface area contributed by atoms with E-state index in [9.17, 15) is 22.8 Å². The molecule has 0 fully saturated rings. The standard InChI is InChI=1S/C12H8BrF3O3/c1-5(17)6(4-19-2)12(18)9-8(14)3-7(13)10(15)11(9)16/h3-4H,1-2H3/b6-4+. The Hall–Kier alpha value is -1.63. The second kappa shape index (κ2) is 6.01. The van der Waals surface area contributed by atoms with Gasteiger partial charge in [0.05, 0.1) is 29.0 Å². The van der Waals surface area contributed by atoms with E-state index in [2.05, 4.69) is 20.7 Å². The minimum absolute atomic E-state index is 0.459. The molecule has 0 radical (unpaired) electrons. The molecular weight excluding hydrogens is 329 g/mol. The van der Waals surface area contributed by atoms with Crippen molar-refractivity contribution >= 4 is 27.5 Å². The highest BCUT2D eigenvalue weighted by Gasteiger charge is 2.27. The molecule has 1 aromatic rings. The molecule has 0 bridgehead atoms.